The molecule has 1 unspecified atom stereocenters. The molecule has 1 aromatic rings. The predicted octanol–water partition coefficient (Wildman–Crippen LogP) is 2.52. The van der Waals surface area contributed by atoms with Crippen molar-refractivity contribution in [2.45, 2.75) is 33.2 Å². The summed E-state index contributed by atoms with van der Waals surface area (Å²) in [6.07, 6.45) is 3.47. The van der Waals surface area contributed by atoms with Gasteiger partial charge in [0.1, 0.15) is 0 Å². The zero-order chi connectivity index (χ0) is 16.8. The van der Waals surface area contributed by atoms with Gasteiger partial charge in [-0.2, -0.15) is 0 Å². The van der Waals surface area contributed by atoms with Gasteiger partial charge in [0.2, 0.25) is 5.91 Å². The summed E-state index contributed by atoms with van der Waals surface area (Å²) in [7, 11) is 0. The first-order valence-electron chi connectivity index (χ1n) is 7.08. The van der Waals surface area contributed by atoms with E-state index in [9.17, 15) is 14.9 Å². The van der Waals surface area contributed by atoms with Gasteiger partial charge in [-0.3, -0.25) is 14.9 Å². The van der Waals surface area contributed by atoms with Crippen molar-refractivity contribution in [2.75, 3.05) is 6.61 Å². The molecule has 0 spiro atoms. The summed E-state index contributed by atoms with van der Waals surface area (Å²) < 4.78 is 0. The van der Waals surface area contributed by atoms with Gasteiger partial charge in [0.15, 0.2) is 0 Å². The molecule has 1 aromatic carbocycles. The number of hydrogen-bond acceptors (Lipinski definition) is 4. The van der Waals surface area contributed by atoms with Gasteiger partial charge in [0, 0.05) is 30.9 Å². The molecule has 0 aromatic heterocycles. The lowest BCUT2D eigenvalue weighted by Crippen LogP contribution is -2.43. The molecule has 0 aliphatic rings. The fourth-order valence-corrected chi connectivity index (χ4v) is 1.95. The zero-order valence-electron chi connectivity index (χ0n) is 13.1. The van der Waals surface area contributed by atoms with E-state index < -0.39 is 4.92 Å². The number of nitrogens with zero attached hydrogens (tertiary/aromatic N) is 1. The Morgan fingerprint density at radius 2 is 1.95 bits per heavy atom. The van der Waals surface area contributed by atoms with Gasteiger partial charge in [0.05, 0.1) is 4.92 Å². The molecule has 1 amide bonds. The quantitative estimate of drug-likeness (QED) is 0.480. The molecule has 2 N–H and O–H groups in total. The van der Waals surface area contributed by atoms with Crippen LogP contribution in [0, 0.1) is 15.5 Å². The minimum Gasteiger partial charge on any atom is -0.396 e. The van der Waals surface area contributed by atoms with Crippen LogP contribution in [-0.2, 0) is 4.79 Å². The minimum absolute atomic E-state index is 0.00822. The topological polar surface area (TPSA) is 92.5 Å². The molecule has 120 valence electrons. The van der Waals surface area contributed by atoms with Crippen molar-refractivity contribution < 1.29 is 14.8 Å². The van der Waals surface area contributed by atoms with Gasteiger partial charge in [0.25, 0.3) is 5.69 Å². The number of aliphatic hydroxyl groups excluding tert-OH is 1. The molecule has 0 saturated carbocycles. The summed E-state index contributed by atoms with van der Waals surface area (Å²) in [5, 5.41) is 22.5. The third-order valence-corrected chi connectivity index (χ3v) is 3.31. The Morgan fingerprint density at radius 3 is 2.41 bits per heavy atom. The summed E-state index contributed by atoms with van der Waals surface area (Å²) in [5.74, 6) is -0.258. The van der Waals surface area contributed by atoms with E-state index in [1.165, 1.54) is 18.2 Å². The molecule has 6 nitrogen and oxygen atoms in total. The Hall–Kier alpha value is -2.21. The highest BCUT2D eigenvalue weighted by atomic mass is 16.6. The van der Waals surface area contributed by atoms with Crippen LogP contribution >= 0.6 is 0 Å². The largest absolute Gasteiger partial charge is 0.396 e. The van der Waals surface area contributed by atoms with E-state index in [0.717, 1.165) is 0 Å². The number of carbonyl (C=O) groups excluding carboxylic acids is 1. The molecule has 0 fully saturated rings. The predicted molar refractivity (Wildman–Crippen MR) is 85.2 cm³/mol. The van der Waals surface area contributed by atoms with Gasteiger partial charge in [-0.1, -0.05) is 20.8 Å². The normalized spacial score (nSPS) is 13.1. The lowest BCUT2D eigenvalue weighted by Gasteiger charge is -2.30. The number of nitro groups is 1. The van der Waals surface area contributed by atoms with E-state index >= 15 is 0 Å². The number of nitrogens with one attached hydrogen (secondary N) is 1. The minimum atomic E-state index is -0.469. The average Bonchev–Trinajstić information content (AvgIpc) is 2.44. The fraction of sp³-hybridized carbons (Fsp3) is 0.438. The number of non-ortho nitro benzene ring substituents is 1. The maximum Gasteiger partial charge on any atom is 0.269 e. The third kappa shape index (κ3) is 5.65. The molecular weight excluding hydrogens is 284 g/mol. The van der Waals surface area contributed by atoms with Crippen LogP contribution in [-0.4, -0.2) is 28.6 Å². The van der Waals surface area contributed by atoms with Crippen LogP contribution in [0.1, 0.15) is 32.8 Å². The van der Waals surface area contributed by atoms with Crippen LogP contribution in [0.25, 0.3) is 6.08 Å². The van der Waals surface area contributed by atoms with Crippen LogP contribution in [0.5, 0.6) is 0 Å². The Balaban J connectivity index is 2.68. The zero-order valence-corrected chi connectivity index (χ0v) is 13.1. The van der Waals surface area contributed by atoms with Crippen molar-refractivity contribution in [2.24, 2.45) is 5.41 Å². The molecule has 6 heteroatoms. The highest BCUT2D eigenvalue weighted by Gasteiger charge is 2.24. The molecule has 22 heavy (non-hydrogen) atoms. The standard InChI is InChI=1S/C16H22N2O4/c1-16(2,3)14(10-11-19)17-15(20)9-6-12-4-7-13(8-5-12)18(21)22/h4-9,14,19H,10-11H2,1-3H3,(H,17,20)/b9-6+. The molecule has 0 bridgehead atoms. The van der Waals surface area contributed by atoms with Crippen LogP contribution < -0.4 is 5.32 Å². The first kappa shape index (κ1) is 17.8. The average molecular weight is 306 g/mol. The van der Waals surface area contributed by atoms with Crippen LogP contribution in [0.15, 0.2) is 30.3 Å². The van der Waals surface area contributed by atoms with E-state index in [0.29, 0.717) is 12.0 Å². The van der Waals surface area contributed by atoms with Crippen molar-refractivity contribution >= 4 is 17.7 Å². The second-order valence-corrected chi connectivity index (χ2v) is 6.12. The van der Waals surface area contributed by atoms with E-state index in [-0.39, 0.29) is 29.7 Å². The van der Waals surface area contributed by atoms with Gasteiger partial charge in [-0.05, 0) is 35.6 Å². The summed E-state index contributed by atoms with van der Waals surface area (Å²) in [4.78, 5) is 22.0. The SMILES string of the molecule is CC(C)(C)C(CCO)NC(=O)/C=C/c1ccc([N+](=O)[O-])cc1. The second-order valence-electron chi connectivity index (χ2n) is 6.12. The van der Waals surface area contributed by atoms with Crippen molar-refractivity contribution in [1.82, 2.24) is 5.32 Å². The van der Waals surface area contributed by atoms with Crippen LogP contribution in [0.2, 0.25) is 0 Å². The van der Waals surface area contributed by atoms with Crippen LogP contribution in [0.4, 0.5) is 5.69 Å². The monoisotopic (exact) mass is 306 g/mol. The number of hydrogen-bond donors (Lipinski definition) is 2. The smallest absolute Gasteiger partial charge is 0.269 e. The molecule has 1 rings (SSSR count). The molecule has 0 aliphatic heterocycles. The molecule has 1 atom stereocenters. The highest BCUT2D eigenvalue weighted by Crippen LogP contribution is 2.21. The Morgan fingerprint density at radius 1 is 1.36 bits per heavy atom. The number of benzene rings is 1. The molecule has 0 saturated heterocycles. The van der Waals surface area contributed by atoms with Gasteiger partial charge in [-0.15, -0.1) is 0 Å². The number of amides is 1. The Bertz CT molecular complexity index is 544. The second kappa shape index (κ2) is 7.70. The molecular formula is C16H22N2O4. The maximum absolute atomic E-state index is 11.9. The summed E-state index contributed by atoms with van der Waals surface area (Å²) >= 11 is 0. The van der Waals surface area contributed by atoms with Gasteiger partial charge in [-0.25, -0.2) is 0 Å². The summed E-state index contributed by atoms with van der Waals surface area (Å²) in [5.41, 5.74) is 0.562. The lowest BCUT2D eigenvalue weighted by molar-refractivity contribution is -0.384. The summed E-state index contributed by atoms with van der Waals surface area (Å²) in [6.45, 7) is 5.99. The fourth-order valence-electron chi connectivity index (χ4n) is 1.95. The molecule has 0 radical (unpaired) electrons. The maximum atomic E-state index is 11.9. The number of carbonyl (C=O) groups is 1. The Kier molecular flexibility index (Phi) is 6.24. The van der Waals surface area contributed by atoms with Crippen molar-refractivity contribution in [1.29, 1.82) is 0 Å². The van der Waals surface area contributed by atoms with E-state index in [1.54, 1.807) is 18.2 Å². The number of nitro benzene ring substituents is 1. The van der Waals surface area contributed by atoms with Crippen LogP contribution in [0.3, 0.4) is 0 Å². The molecule has 0 aliphatic carbocycles. The van der Waals surface area contributed by atoms with Gasteiger partial charge < -0.3 is 10.4 Å². The summed E-state index contributed by atoms with van der Waals surface area (Å²) in [6, 6.07) is 5.81. The van der Waals surface area contributed by atoms with Crippen molar-refractivity contribution in [3.8, 4) is 0 Å². The number of aliphatic hydroxyl groups is 1. The van der Waals surface area contributed by atoms with Crippen molar-refractivity contribution in [3.05, 3.63) is 46.0 Å². The Labute approximate surface area is 130 Å². The first-order valence-corrected chi connectivity index (χ1v) is 7.08. The third-order valence-electron chi connectivity index (χ3n) is 3.31. The molecule has 0 heterocycles. The van der Waals surface area contributed by atoms with Crippen molar-refractivity contribution in [3.63, 3.8) is 0 Å². The first-order chi connectivity index (χ1) is 10.2. The van der Waals surface area contributed by atoms with Gasteiger partial charge >= 0.3 is 0 Å². The lowest BCUT2D eigenvalue weighted by atomic mass is 9.85. The number of rotatable bonds is 6. The van der Waals surface area contributed by atoms with E-state index in [4.69, 9.17) is 5.11 Å². The van der Waals surface area contributed by atoms with E-state index in [1.807, 2.05) is 20.8 Å². The highest BCUT2D eigenvalue weighted by molar-refractivity contribution is 5.92. The van der Waals surface area contributed by atoms with E-state index in [2.05, 4.69) is 5.32 Å².